The number of rotatable bonds is 4. The third-order valence-electron chi connectivity index (χ3n) is 4.31. The topological polar surface area (TPSA) is 28.2 Å². The molecule has 2 unspecified atom stereocenters. The van der Waals surface area contributed by atoms with Crippen molar-refractivity contribution < 1.29 is 0 Å². The van der Waals surface area contributed by atoms with Gasteiger partial charge in [-0.05, 0) is 43.7 Å². The molecular weight excluding hydrogens is 258 g/mol. The molecule has 21 heavy (non-hydrogen) atoms. The van der Waals surface area contributed by atoms with Crippen molar-refractivity contribution >= 4 is 5.82 Å². The Bertz CT molecular complexity index is 472. The number of aryl methyl sites for hydroxylation is 2. The summed E-state index contributed by atoms with van der Waals surface area (Å²) in [5.74, 6) is 2.71. The fraction of sp³-hybridized carbons (Fsp3) is 0.722. The minimum atomic E-state index is 0.498. The van der Waals surface area contributed by atoms with Crippen molar-refractivity contribution in [2.75, 3.05) is 18.0 Å². The molecule has 2 rings (SSSR count). The number of aromatic nitrogens is 1. The average molecular weight is 289 g/mol. The van der Waals surface area contributed by atoms with E-state index in [0.717, 1.165) is 37.2 Å². The van der Waals surface area contributed by atoms with E-state index in [4.69, 9.17) is 4.98 Å². The van der Waals surface area contributed by atoms with Crippen LogP contribution in [0.15, 0.2) is 6.07 Å². The molecule has 1 aromatic heterocycles. The SMILES string of the molecule is Cc1cc(C)c(CNC(C)C)c(N2CC(C)CC(C)C2)n1. The summed E-state index contributed by atoms with van der Waals surface area (Å²) < 4.78 is 0. The Balaban J connectivity index is 2.31. The summed E-state index contributed by atoms with van der Waals surface area (Å²) in [4.78, 5) is 7.40. The van der Waals surface area contributed by atoms with Gasteiger partial charge in [0.05, 0.1) is 0 Å². The van der Waals surface area contributed by atoms with Gasteiger partial charge in [-0.1, -0.05) is 27.7 Å². The maximum absolute atomic E-state index is 4.89. The molecule has 3 heteroatoms. The number of anilines is 1. The second kappa shape index (κ2) is 6.78. The summed E-state index contributed by atoms with van der Waals surface area (Å²) in [7, 11) is 0. The first kappa shape index (κ1) is 16.3. The van der Waals surface area contributed by atoms with E-state index in [2.05, 4.69) is 57.8 Å². The van der Waals surface area contributed by atoms with Crippen LogP contribution in [-0.4, -0.2) is 24.1 Å². The van der Waals surface area contributed by atoms with Crippen LogP contribution in [-0.2, 0) is 6.54 Å². The second-order valence-corrected chi connectivity index (χ2v) is 7.27. The molecule has 0 spiro atoms. The molecule has 2 atom stereocenters. The highest BCUT2D eigenvalue weighted by atomic mass is 15.2. The van der Waals surface area contributed by atoms with Crippen LogP contribution in [0.25, 0.3) is 0 Å². The van der Waals surface area contributed by atoms with Crippen molar-refractivity contribution in [3.8, 4) is 0 Å². The summed E-state index contributed by atoms with van der Waals surface area (Å²) >= 11 is 0. The lowest BCUT2D eigenvalue weighted by Gasteiger charge is -2.37. The van der Waals surface area contributed by atoms with Crippen LogP contribution in [0.1, 0.15) is 50.9 Å². The lowest BCUT2D eigenvalue weighted by atomic mass is 9.91. The van der Waals surface area contributed by atoms with Gasteiger partial charge in [-0.25, -0.2) is 4.98 Å². The van der Waals surface area contributed by atoms with Gasteiger partial charge in [0.2, 0.25) is 0 Å². The molecule has 0 aliphatic carbocycles. The Labute approximate surface area is 130 Å². The highest BCUT2D eigenvalue weighted by molar-refractivity contribution is 5.52. The first-order valence-electron chi connectivity index (χ1n) is 8.32. The third kappa shape index (κ3) is 4.19. The molecule has 1 aromatic rings. The highest BCUT2D eigenvalue weighted by Gasteiger charge is 2.25. The summed E-state index contributed by atoms with van der Waals surface area (Å²) in [5, 5.41) is 3.56. The molecule has 0 aromatic carbocycles. The third-order valence-corrected chi connectivity index (χ3v) is 4.31. The molecule has 1 saturated heterocycles. The maximum Gasteiger partial charge on any atom is 0.133 e. The Morgan fingerprint density at radius 3 is 2.43 bits per heavy atom. The zero-order chi connectivity index (χ0) is 15.6. The van der Waals surface area contributed by atoms with Crippen LogP contribution in [0.3, 0.4) is 0 Å². The number of pyridine rings is 1. The molecule has 0 amide bonds. The summed E-state index contributed by atoms with van der Waals surface area (Å²) in [5.41, 5.74) is 3.86. The smallest absolute Gasteiger partial charge is 0.133 e. The average Bonchev–Trinajstić information content (AvgIpc) is 2.35. The van der Waals surface area contributed by atoms with Gasteiger partial charge in [0.15, 0.2) is 0 Å². The van der Waals surface area contributed by atoms with E-state index in [1.165, 1.54) is 23.4 Å². The number of nitrogens with one attached hydrogen (secondary N) is 1. The van der Waals surface area contributed by atoms with Crippen molar-refractivity contribution in [3.63, 3.8) is 0 Å². The lowest BCUT2D eigenvalue weighted by molar-refractivity contribution is 0.354. The van der Waals surface area contributed by atoms with Gasteiger partial charge in [0.25, 0.3) is 0 Å². The van der Waals surface area contributed by atoms with Crippen molar-refractivity contribution in [1.82, 2.24) is 10.3 Å². The molecule has 1 fully saturated rings. The van der Waals surface area contributed by atoms with Gasteiger partial charge in [0, 0.05) is 36.9 Å². The monoisotopic (exact) mass is 289 g/mol. The van der Waals surface area contributed by atoms with Gasteiger partial charge in [-0.2, -0.15) is 0 Å². The molecule has 0 radical (unpaired) electrons. The quantitative estimate of drug-likeness (QED) is 0.916. The summed E-state index contributed by atoms with van der Waals surface area (Å²) in [6.45, 7) is 16.6. The molecule has 1 aliphatic rings. The Kier molecular flexibility index (Phi) is 5.26. The minimum Gasteiger partial charge on any atom is -0.356 e. The predicted octanol–water partition coefficient (Wildman–Crippen LogP) is 3.68. The minimum absolute atomic E-state index is 0.498. The van der Waals surface area contributed by atoms with Crippen molar-refractivity contribution in [2.24, 2.45) is 11.8 Å². The van der Waals surface area contributed by atoms with Gasteiger partial charge < -0.3 is 10.2 Å². The van der Waals surface area contributed by atoms with E-state index in [-0.39, 0.29) is 0 Å². The summed E-state index contributed by atoms with van der Waals surface area (Å²) in [6, 6.07) is 2.70. The second-order valence-electron chi connectivity index (χ2n) is 7.27. The van der Waals surface area contributed by atoms with E-state index in [1.54, 1.807) is 0 Å². The summed E-state index contributed by atoms with van der Waals surface area (Å²) in [6.07, 6.45) is 1.33. The van der Waals surface area contributed by atoms with Gasteiger partial charge in [-0.3, -0.25) is 0 Å². The van der Waals surface area contributed by atoms with Crippen LogP contribution in [0.5, 0.6) is 0 Å². The van der Waals surface area contributed by atoms with Crippen LogP contribution < -0.4 is 10.2 Å². The van der Waals surface area contributed by atoms with Crippen molar-refractivity contribution in [1.29, 1.82) is 0 Å². The van der Waals surface area contributed by atoms with E-state index in [0.29, 0.717) is 6.04 Å². The molecule has 2 heterocycles. The molecule has 0 saturated carbocycles. The highest BCUT2D eigenvalue weighted by Crippen LogP contribution is 2.29. The molecular formula is C18H31N3. The van der Waals surface area contributed by atoms with Crippen molar-refractivity contribution in [3.05, 3.63) is 22.9 Å². The van der Waals surface area contributed by atoms with E-state index in [1.807, 2.05) is 0 Å². The van der Waals surface area contributed by atoms with E-state index < -0.39 is 0 Å². The zero-order valence-electron chi connectivity index (χ0n) is 14.5. The predicted molar refractivity (Wildman–Crippen MR) is 90.8 cm³/mol. The van der Waals surface area contributed by atoms with E-state index in [9.17, 15) is 0 Å². The molecule has 1 N–H and O–H groups in total. The first-order chi connectivity index (χ1) is 9.86. The van der Waals surface area contributed by atoms with Gasteiger partial charge in [-0.15, -0.1) is 0 Å². The maximum atomic E-state index is 4.89. The molecule has 118 valence electrons. The largest absolute Gasteiger partial charge is 0.356 e. The van der Waals surface area contributed by atoms with Crippen LogP contribution in [0.2, 0.25) is 0 Å². The molecule has 3 nitrogen and oxygen atoms in total. The van der Waals surface area contributed by atoms with Gasteiger partial charge in [0.1, 0.15) is 5.82 Å². The fourth-order valence-electron chi connectivity index (χ4n) is 3.47. The number of piperidine rings is 1. The Morgan fingerprint density at radius 2 is 1.86 bits per heavy atom. The van der Waals surface area contributed by atoms with E-state index >= 15 is 0 Å². The lowest BCUT2D eigenvalue weighted by Crippen LogP contribution is -2.40. The van der Waals surface area contributed by atoms with Gasteiger partial charge >= 0.3 is 0 Å². The van der Waals surface area contributed by atoms with Crippen LogP contribution in [0, 0.1) is 25.7 Å². The first-order valence-corrected chi connectivity index (χ1v) is 8.32. The Hall–Kier alpha value is -1.09. The normalized spacial score (nSPS) is 22.9. The number of hydrogen-bond acceptors (Lipinski definition) is 3. The van der Waals surface area contributed by atoms with Crippen LogP contribution >= 0.6 is 0 Å². The zero-order valence-corrected chi connectivity index (χ0v) is 14.5. The number of hydrogen-bond donors (Lipinski definition) is 1. The molecule has 0 bridgehead atoms. The van der Waals surface area contributed by atoms with Crippen molar-refractivity contribution in [2.45, 2.75) is 60.5 Å². The fourth-order valence-corrected chi connectivity index (χ4v) is 3.47. The standard InChI is InChI=1S/C18H31N3/c1-12(2)19-9-17-15(5)8-16(6)20-18(17)21-10-13(3)7-14(4)11-21/h8,12-14,19H,7,9-11H2,1-6H3. The van der Waals surface area contributed by atoms with Crippen LogP contribution in [0.4, 0.5) is 5.82 Å². The molecule has 1 aliphatic heterocycles. The Morgan fingerprint density at radius 1 is 1.24 bits per heavy atom. The number of nitrogens with zero attached hydrogens (tertiary/aromatic N) is 2.